The van der Waals surface area contributed by atoms with Crippen LogP contribution in [0.2, 0.25) is 5.02 Å². The third-order valence-corrected chi connectivity index (χ3v) is 2.48. The highest BCUT2D eigenvalue weighted by Gasteiger charge is 2.37. The lowest BCUT2D eigenvalue weighted by Crippen LogP contribution is -2.20. The Morgan fingerprint density at radius 1 is 1.39 bits per heavy atom. The van der Waals surface area contributed by atoms with Crippen molar-refractivity contribution in [2.45, 2.75) is 13.1 Å². The molecule has 98 valence electrons. The van der Waals surface area contributed by atoms with Crippen LogP contribution in [0.15, 0.2) is 18.2 Å². The van der Waals surface area contributed by atoms with Crippen LogP contribution in [0.1, 0.15) is 11.1 Å². The third kappa shape index (κ3) is 3.22. The van der Waals surface area contributed by atoms with Gasteiger partial charge in [-0.1, -0.05) is 11.6 Å². The fourth-order valence-corrected chi connectivity index (χ4v) is 1.29. The van der Waals surface area contributed by atoms with Crippen molar-refractivity contribution in [2.75, 3.05) is 0 Å². The predicted molar refractivity (Wildman–Crippen MR) is 57.8 cm³/mol. The van der Waals surface area contributed by atoms with E-state index >= 15 is 0 Å². The molecule has 18 heavy (non-hydrogen) atoms. The molecular formula is C11H7ClF4O2. The van der Waals surface area contributed by atoms with E-state index in [2.05, 4.69) is 0 Å². The van der Waals surface area contributed by atoms with Crippen molar-refractivity contribution in [2.24, 2.45) is 0 Å². The quantitative estimate of drug-likeness (QED) is 0.509. The molecule has 0 spiro atoms. The summed E-state index contributed by atoms with van der Waals surface area (Å²) in [5, 5.41) is 9.37. The lowest BCUT2D eigenvalue weighted by Gasteiger charge is -2.06. The number of hydrogen-bond donors (Lipinski definition) is 1. The zero-order chi connectivity index (χ0) is 14.1. The molecule has 0 amide bonds. The number of allylic oxidation sites excluding steroid dienone is 1. The molecule has 0 saturated carbocycles. The Morgan fingerprint density at radius 3 is 2.44 bits per heavy atom. The van der Waals surface area contributed by atoms with Crippen LogP contribution in [0.5, 0.6) is 0 Å². The van der Waals surface area contributed by atoms with Gasteiger partial charge >= 0.3 is 6.18 Å². The average Bonchev–Trinajstić information content (AvgIpc) is 2.21. The van der Waals surface area contributed by atoms with E-state index in [0.717, 1.165) is 12.1 Å². The first-order chi connectivity index (χ1) is 8.12. The van der Waals surface area contributed by atoms with Crippen molar-refractivity contribution in [3.8, 4) is 0 Å². The molecular weight excluding hydrogens is 276 g/mol. The summed E-state index contributed by atoms with van der Waals surface area (Å²) in [6.07, 6.45) is -5.20. The maximum atomic E-state index is 13.4. The van der Waals surface area contributed by atoms with Crippen molar-refractivity contribution in [1.82, 2.24) is 0 Å². The molecule has 0 aliphatic heterocycles. The molecule has 0 bridgehead atoms. The number of carbonyl (C=O) groups is 1. The molecule has 0 fully saturated rings. The highest BCUT2D eigenvalue weighted by Crippen LogP contribution is 2.25. The summed E-state index contributed by atoms with van der Waals surface area (Å²) in [4.78, 5) is 10.6. The Hall–Kier alpha value is -1.56. The minimum atomic E-state index is -5.12. The van der Waals surface area contributed by atoms with Crippen molar-refractivity contribution >= 4 is 23.1 Å². The highest BCUT2D eigenvalue weighted by atomic mass is 35.5. The Labute approximate surface area is 104 Å². The van der Waals surface area contributed by atoms with E-state index in [4.69, 9.17) is 11.6 Å². The number of aryl methyl sites for hydroxylation is 1. The molecule has 0 atom stereocenters. The zero-order valence-corrected chi connectivity index (χ0v) is 9.73. The van der Waals surface area contributed by atoms with Gasteiger partial charge in [-0.2, -0.15) is 13.2 Å². The Balaban J connectivity index is 3.19. The number of halogens is 5. The van der Waals surface area contributed by atoms with Crippen LogP contribution in [0.3, 0.4) is 0 Å². The van der Waals surface area contributed by atoms with Crippen LogP contribution < -0.4 is 0 Å². The summed E-state index contributed by atoms with van der Waals surface area (Å²) in [6, 6.07) is 1.89. The van der Waals surface area contributed by atoms with E-state index in [0.29, 0.717) is 5.56 Å². The number of hydrogen-bond acceptors (Lipinski definition) is 2. The zero-order valence-electron chi connectivity index (χ0n) is 8.98. The molecule has 0 aliphatic carbocycles. The van der Waals surface area contributed by atoms with Gasteiger partial charge in [0.05, 0.1) is 5.56 Å². The normalized spacial score (nSPS) is 12.7. The summed E-state index contributed by atoms with van der Waals surface area (Å²) in [5.41, 5.74) is -0.165. The van der Waals surface area contributed by atoms with E-state index in [-0.39, 0.29) is 11.1 Å². The minimum Gasteiger partial charge on any atom is -0.507 e. The van der Waals surface area contributed by atoms with E-state index in [1.165, 1.54) is 6.92 Å². The number of rotatable bonds is 2. The number of ketones is 1. The number of benzene rings is 1. The van der Waals surface area contributed by atoms with Crippen LogP contribution >= 0.6 is 11.6 Å². The fourth-order valence-electron chi connectivity index (χ4n) is 1.14. The molecule has 0 aliphatic rings. The molecule has 7 heteroatoms. The number of aliphatic hydroxyl groups is 1. The van der Waals surface area contributed by atoms with Crippen LogP contribution in [-0.4, -0.2) is 17.1 Å². The second-order valence-electron chi connectivity index (χ2n) is 3.47. The van der Waals surface area contributed by atoms with Gasteiger partial charge in [0.1, 0.15) is 11.6 Å². The van der Waals surface area contributed by atoms with Gasteiger partial charge in [-0.25, -0.2) is 4.39 Å². The van der Waals surface area contributed by atoms with Gasteiger partial charge in [0.2, 0.25) is 0 Å². The van der Waals surface area contributed by atoms with Crippen molar-refractivity contribution in [3.05, 3.63) is 40.2 Å². The van der Waals surface area contributed by atoms with Crippen LogP contribution in [0.25, 0.3) is 5.76 Å². The van der Waals surface area contributed by atoms with Crippen LogP contribution in [-0.2, 0) is 4.79 Å². The average molecular weight is 283 g/mol. The first kappa shape index (κ1) is 14.5. The minimum absolute atomic E-state index is 0.0613. The first-order valence-corrected chi connectivity index (χ1v) is 4.98. The van der Waals surface area contributed by atoms with E-state index in [1.807, 2.05) is 0 Å². The molecule has 0 unspecified atom stereocenters. The molecule has 0 heterocycles. The maximum absolute atomic E-state index is 13.4. The summed E-state index contributed by atoms with van der Waals surface area (Å²) in [7, 11) is 0. The number of aliphatic hydroxyl groups excluding tert-OH is 1. The third-order valence-electron chi connectivity index (χ3n) is 2.07. The van der Waals surface area contributed by atoms with E-state index < -0.39 is 29.1 Å². The van der Waals surface area contributed by atoms with Crippen LogP contribution in [0, 0.1) is 12.7 Å². The summed E-state index contributed by atoms with van der Waals surface area (Å²) < 4.78 is 49.2. The van der Waals surface area contributed by atoms with Gasteiger partial charge in [-0.05, 0) is 24.6 Å². The van der Waals surface area contributed by atoms with E-state index in [1.54, 1.807) is 0 Å². The fraction of sp³-hybridized carbons (Fsp3) is 0.182. The van der Waals surface area contributed by atoms with Crippen molar-refractivity contribution in [3.63, 3.8) is 0 Å². The summed E-state index contributed by atoms with van der Waals surface area (Å²) in [5.74, 6) is -4.39. The van der Waals surface area contributed by atoms with Crippen LogP contribution in [0.4, 0.5) is 17.6 Å². The van der Waals surface area contributed by atoms with Gasteiger partial charge in [-0.15, -0.1) is 0 Å². The molecule has 1 N–H and O–H groups in total. The summed E-state index contributed by atoms with van der Waals surface area (Å²) in [6.45, 7) is 1.48. The monoisotopic (exact) mass is 282 g/mol. The van der Waals surface area contributed by atoms with Gasteiger partial charge in [-0.3, -0.25) is 4.79 Å². The maximum Gasteiger partial charge on any atom is 0.454 e. The first-order valence-electron chi connectivity index (χ1n) is 4.60. The summed E-state index contributed by atoms with van der Waals surface area (Å²) >= 11 is 5.58. The standard InChI is InChI=1S/C11H7ClF4O2/c1-5-2-6(8(13)3-7(5)12)9(17)4-10(18)11(14,15)16/h2-4,17H,1H3/b9-4-. The predicted octanol–water partition coefficient (Wildman–Crippen LogP) is 3.82. The molecule has 1 rings (SSSR count). The van der Waals surface area contributed by atoms with Gasteiger partial charge in [0, 0.05) is 11.1 Å². The van der Waals surface area contributed by atoms with Crippen molar-refractivity contribution in [1.29, 1.82) is 0 Å². The second-order valence-corrected chi connectivity index (χ2v) is 3.88. The van der Waals surface area contributed by atoms with Crippen molar-refractivity contribution < 1.29 is 27.5 Å². The topological polar surface area (TPSA) is 37.3 Å². The molecule has 2 nitrogen and oxygen atoms in total. The molecule has 0 saturated heterocycles. The van der Waals surface area contributed by atoms with Gasteiger partial charge in [0.15, 0.2) is 0 Å². The number of carbonyl (C=O) groups excluding carboxylic acids is 1. The Bertz CT molecular complexity index is 521. The van der Waals surface area contributed by atoms with Gasteiger partial charge in [0.25, 0.3) is 5.78 Å². The molecule has 1 aromatic rings. The second kappa shape index (κ2) is 4.97. The molecule has 1 aromatic carbocycles. The van der Waals surface area contributed by atoms with E-state index in [9.17, 15) is 27.5 Å². The Kier molecular flexibility index (Phi) is 4.01. The smallest absolute Gasteiger partial charge is 0.454 e. The SMILES string of the molecule is Cc1cc(/C(O)=C/C(=O)C(F)(F)F)c(F)cc1Cl. The largest absolute Gasteiger partial charge is 0.507 e. The molecule has 0 aromatic heterocycles. The highest BCUT2D eigenvalue weighted by molar-refractivity contribution is 6.31. The Morgan fingerprint density at radius 2 is 1.94 bits per heavy atom. The van der Waals surface area contributed by atoms with Gasteiger partial charge < -0.3 is 5.11 Å². The lowest BCUT2D eigenvalue weighted by molar-refractivity contribution is -0.165. The molecule has 0 radical (unpaired) electrons. The lowest BCUT2D eigenvalue weighted by atomic mass is 10.1. The number of alkyl halides is 3.